The Morgan fingerprint density at radius 1 is 1.00 bits per heavy atom. The van der Waals surface area contributed by atoms with Crippen LogP contribution in [0, 0.1) is 0 Å². The van der Waals surface area contributed by atoms with E-state index in [-0.39, 0.29) is 10.5 Å². The lowest BCUT2D eigenvalue weighted by Gasteiger charge is -2.20. The standard InChI is InChI=1S/C17H30O2S/c1-2-3-4-5-6-7-8-9-10-15-13-16-11-12-17(14-15)20(16,18)19/h13,16-17H,2-12,14H2,1H3. The van der Waals surface area contributed by atoms with Crippen LogP contribution in [0.25, 0.3) is 0 Å². The fourth-order valence-electron chi connectivity index (χ4n) is 3.62. The Hall–Kier alpha value is -0.310. The average molecular weight is 298 g/mol. The third-order valence-electron chi connectivity index (χ3n) is 4.92. The normalized spacial score (nSPS) is 27.6. The van der Waals surface area contributed by atoms with E-state index >= 15 is 0 Å². The second-order valence-corrected chi connectivity index (χ2v) is 9.03. The van der Waals surface area contributed by atoms with Gasteiger partial charge in [-0.05, 0) is 32.1 Å². The highest BCUT2D eigenvalue weighted by molar-refractivity contribution is 7.93. The van der Waals surface area contributed by atoms with Crippen LogP contribution in [-0.2, 0) is 9.84 Å². The zero-order chi connectivity index (χ0) is 14.4. The van der Waals surface area contributed by atoms with E-state index in [0.29, 0.717) is 0 Å². The summed E-state index contributed by atoms with van der Waals surface area (Å²) in [6, 6.07) is 0. The minimum atomic E-state index is -2.79. The van der Waals surface area contributed by atoms with Crippen LogP contribution in [0.2, 0.25) is 0 Å². The summed E-state index contributed by atoms with van der Waals surface area (Å²) >= 11 is 0. The minimum absolute atomic E-state index is 0.0402. The molecule has 0 radical (unpaired) electrons. The lowest BCUT2D eigenvalue weighted by Crippen LogP contribution is -2.26. The van der Waals surface area contributed by atoms with Crippen molar-refractivity contribution in [3.63, 3.8) is 0 Å². The fourth-order valence-corrected chi connectivity index (χ4v) is 5.87. The average Bonchev–Trinajstić information content (AvgIpc) is 2.62. The van der Waals surface area contributed by atoms with Crippen molar-refractivity contribution >= 4 is 9.84 Å². The van der Waals surface area contributed by atoms with Gasteiger partial charge in [0.15, 0.2) is 9.84 Å². The van der Waals surface area contributed by atoms with E-state index in [0.717, 1.165) is 25.7 Å². The van der Waals surface area contributed by atoms with Gasteiger partial charge in [-0.25, -0.2) is 8.42 Å². The third-order valence-corrected chi connectivity index (χ3v) is 7.47. The lowest BCUT2D eigenvalue weighted by atomic mass is 10.0. The molecule has 3 heteroatoms. The zero-order valence-electron chi connectivity index (χ0n) is 12.9. The van der Waals surface area contributed by atoms with E-state index in [1.807, 2.05) is 0 Å². The number of fused-ring (bicyclic) bond motifs is 2. The van der Waals surface area contributed by atoms with Gasteiger partial charge in [0.25, 0.3) is 0 Å². The molecule has 0 amide bonds. The summed E-state index contributed by atoms with van der Waals surface area (Å²) in [7, 11) is -2.79. The molecular formula is C17H30O2S. The van der Waals surface area contributed by atoms with E-state index in [1.54, 1.807) is 0 Å². The predicted octanol–water partition coefficient (Wildman–Crippen LogP) is 4.79. The number of hydrogen-bond donors (Lipinski definition) is 0. The summed E-state index contributed by atoms with van der Waals surface area (Å²) in [5.41, 5.74) is 1.43. The summed E-state index contributed by atoms with van der Waals surface area (Å²) in [6.45, 7) is 2.26. The number of sulfone groups is 1. The molecule has 0 saturated carbocycles. The molecule has 1 saturated heterocycles. The molecule has 2 aliphatic heterocycles. The van der Waals surface area contributed by atoms with Crippen LogP contribution in [-0.4, -0.2) is 18.9 Å². The van der Waals surface area contributed by atoms with Gasteiger partial charge in [0.1, 0.15) is 0 Å². The monoisotopic (exact) mass is 298 g/mol. The van der Waals surface area contributed by atoms with Gasteiger partial charge in [-0.3, -0.25) is 0 Å². The number of allylic oxidation sites excluding steroid dienone is 1. The summed E-state index contributed by atoms with van der Waals surface area (Å²) < 4.78 is 24.0. The summed E-state index contributed by atoms with van der Waals surface area (Å²) in [5, 5.41) is -0.174. The molecule has 1 fully saturated rings. The number of rotatable bonds is 9. The SMILES string of the molecule is CCCCCCCCCCC1=CC2CCC(C1)S2(=O)=O. The van der Waals surface area contributed by atoms with Crippen LogP contribution in [0.3, 0.4) is 0 Å². The molecular weight excluding hydrogens is 268 g/mol. The summed E-state index contributed by atoms with van der Waals surface area (Å²) in [4.78, 5) is 0. The van der Waals surface area contributed by atoms with E-state index in [4.69, 9.17) is 0 Å². The maximum Gasteiger partial charge on any atom is 0.159 e. The van der Waals surface area contributed by atoms with E-state index in [1.165, 1.54) is 56.9 Å². The Morgan fingerprint density at radius 3 is 2.30 bits per heavy atom. The second-order valence-electron chi connectivity index (χ2n) is 6.58. The maximum atomic E-state index is 12.0. The third kappa shape index (κ3) is 4.09. The van der Waals surface area contributed by atoms with E-state index in [9.17, 15) is 8.42 Å². The first kappa shape index (κ1) is 16.1. The van der Waals surface area contributed by atoms with E-state index < -0.39 is 9.84 Å². The maximum absolute atomic E-state index is 12.0. The van der Waals surface area contributed by atoms with Gasteiger partial charge in [-0.2, -0.15) is 0 Å². The molecule has 0 aromatic carbocycles. The van der Waals surface area contributed by atoms with Gasteiger partial charge >= 0.3 is 0 Å². The van der Waals surface area contributed by atoms with Crippen molar-refractivity contribution in [2.24, 2.45) is 0 Å². The quantitative estimate of drug-likeness (QED) is 0.453. The molecule has 20 heavy (non-hydrogen) atoms. The van der Waals surface area contributed by atoms with Crippen molar-refractivity contribution in [1.82, 2.24) is 0 Å². The van der Waals surface area contributed by atoms with Crippen molar-refractivity contribution < 1.29 is 8.42 Å². The van der Waals surface area contributed by atoms with Crippen molar-refractivity contribution in [2.75, 3.05) is 0 Å². The zero-order valence-corrected chi connectivity index (χ0v) is 13.8. The van der Waals surface area contributed by atoms with Gasteiger partial charge in [0.2, 0.25) is 0 Å². The molecule has 0 spiro atoms. The van der Waals surface area contributed by atoms with Crippen LogP contribution in [0.4, 0.5) is 0 Å². The molecule has 116 valence electrons. The highest BCUT2D eigenvalue weighted by Crippen LogP contribution is 2.38. The van der Waals surface area contributed by atoms with Crippen molar-refractivity contribution in [3.8, 4) is 0 Å². The van der Waals surface area contributed by atoms with Gasteiger partial charge in [0, 0.05) is 0 Å². The van der Waals surface area contributed by atoms with Crippen LogP contribution in [0.1, 0.15) is 84.0 Å². The topological polar surface area (TPSA) is 34.1 Å². The number of hydrogen-bond acceptors (Lipinski definition) is 2. The lowest BCUT2D eigenvalue weighted by molar-refractivity contribution is 0.565. The molecule has 2 bridgehead atoms. The van der Waals surface area contributed by atoms with Crippen LogP contribution >= 0.6 is 0 Å². The molecule has 2 rings (SSSR count). The predicted molar refractivity (Wildman–Crippen MR) is 85.7 cm³/mol. The summed E-state index contributed by atoms with van der Waals surface area (Å²) in [6.07, 6.45) is 16.6. The molecule has 2 heterocycles. The first-order valence-corrected chi connectivity index (χ1v) is 10.2. The Balaban J connectivity index is 1.59. The molecule has 0 aromatic rings. The highest BCUT2D eigenvalue weighted by Gasteiger charge is 2.42. The Kier molecular flexibility index (Phi) is 6.13. The van der Waals surface area contributed by atoms with Crippen LogP contribution in [0.15, 0.2) is 11.6 Å². The van der Waals surface area contributed by atoms with Gasteiger partial charge < -0.3 is 0 Å². The molecule has 2 aliphatic rings. The van der Waals surface area contributed by atoms with Crippen LogP contribution in [0.5, 0.6) is 0 Å². The van der Waals surface area contributed by atoms with Gasteiger partial charge in [-0.15, -0.1) is 0 Å². The van der Waals surface area contributed by atoms with Gasteiger partial charge in [-0.1, -0.05) is 63.5 Å². The Bertz CT molecular complexity index is 422. The minimum Gasteiger partial charge on any atom is -0.228 e. The van der Waals surface area contributed by atoms with Crippen molar-refractivity contribution in [2.45, 2.75) is 94.5 Å². The van der Waals surface area contributed by atoms with Crippen LogP contribution < -0.4 is 0 Å². The molecule has 0 aliphatic carbocycles. The first-order valence-electron chi connectivity index (χ1n) is 8.57. The smallest absolute Gasteiger partial charge is 0.159 e. The van der Waals surface area contributed by atoms with Crippen molar-refractivity contribution in [1.29, 1.82) is 0 Å². The molecule has 2 nitrogen and oxygen atoms in total. The number of unbranched alkanes of at least 4 members (excludes halogenated alkanes) is 7. The molecule has 2 atom stereocenters. The molecule has 0 aromatic heterocycles. The Morgan fingerprint density at radius 2 is 1.65 bits per heavy atom. The molecule has 0 N–H and O–H groups in total. The molecule has 2 unspecified atom stereocenters. The summed E-state index contributed by atoms with van der Waals surface area (Å²) in [5.74, 6) is 0. The van der Waals surface area contributed by atoms with Crippen molar-refractivity contribution in [3.05, 3.63) is 11.6 Å². The Labute approximate surface area is 125 Å². The largest absolute Gasteiger partial charge is 0.228 e. The highest BCUT2D eigenvalue weighted by atomic mass is 32.2. The first-order chi connectivity index (χ1) is 9.64. The van der Waals surface area contributed by atoms with Gasteiger partial charge in [0.05, 0.1) is 10.5 Å². The second kappa shape index (κ2) is 7.63. The fraction of sp³-hybridized carbons (Fsp3) is 0.882. The van der Waals surface area contributed by atoms with E-state index in [2.05, 4.69) is 13.0 Å².